The summed E-state index contributed by atoms with van der Waals surface area (Å²) in [4.78, 5) is 29.8. The molecule has 6 atom stereocenters. The molecule has 0 saturated heterocycles. The molecule has 0 bridgehead atoms. The molecule has 0 aliphatic heterocycles. The maximum Gasteiger partial charge on any atom is 0.261 e. The molecule has 1 aromatic rings. The predicted molar refractivity (Wildman–Crippen MR) is 130 cm³/mol. The van der Waals surface area contributed by atoms with E-state index in [1.54, 1.807) is 19.3 Å². The Morgan fingerprint density at radius 3 is 2.76 bits per heavy atom. The van der Waals surface area contributed by atoms with Crippen molar-refractivity contribution < 1.29 is 18.8 Å². The van der Waals surface area contributed by atoms with Crippen molar-refractivity contribution in [2.45, 2.75) is 78.7 Å². The number of hydrogen-bond acceptors (Lipinski definition) is 5. The molecule has 1 N–H and O–H groups in total. The lowest BCUT2D eigenvalue weighted by atomic mass is 9.46. The Morgan fingerprint density at radius 1 is 1.15 bits per heavy atom. The highest BCUT2D eigenvalue weighted by molar-refractivity contribution is 5.96. The van der Waals surface area contributed by atoms with Gasteiger partial charge in [0.1, 0.15) is 11.5 Å². The highest BCUT2D eigenvalue weighted by atomic mass is 16.6. The van der Waals surface area contributed by atoms with Crippen LogP contribution in [0.15, 0.2) is 39.6 Å². The van der Waals surface area contributed by atoms with Gasteiger partial charge in [-0.05, 0) is 105 Å². The van der Waals surface area contributed by atoms with E-state index in [4.69, 9.17) is 9.25 Å². The lowest BCUT2D eigenvalue weighted by Crippen LogP contribution is -2.51. The summed E-state index contributed by atoms with van der Waals surface area (Å²) in [6.45, 7) is 6.95. The fourth-order valence-electron chi connectivity index (χ4n) is 8.13. The number of fused-ring (bicyclic) bond motifs is 5. The molecule has 3 fully saturated rings. The molecular weight excluding hydrogens is 428 g/mol. The topological polar surface area (TPSA) is 80.9 Å². The SMILES string of the molecule is CC(=O)[C@H]1CC[C@@H]2[C@H]3CCC4=CC(=NOCC(=O)NCc5ccco5)CC[C@]4(C)[C@H]3CC[C@]12C. The van der Waals surface area contributed by atoms with E-state index in [1.165, 1.54) is 31.3 Å². The van der Waals surface area contributed by atoms with Gasteiger partial charge in [0.25, 0.3) is 5.91 Å². The third-order valence-corrected chi connectivity index (χ3v) is 9.89. The lowest BCUT2D eigenvalue weighted by Gasteiger charge is -2.58. The summed E-state index contributed by atoms with van der Waals surface area (Å²) < 4.78 is 5.22. The molecule has 1 heterocycles. The first kappa shape index (κ1) is 23.4. The maximum absolute atomic E-state index is 12.3. The van der Waals surface area contributed by atoms with E-state index in [1.807, 2.05) is 6.07 Å². The lowest BCUT2D eigenvalue weighted by molar-refractivity contribution is -0.128. The highest BCUT2D eigenvalue weighted by Gasteiger charge is 2.59. The Morgan fingerprint density at radius 2 is 2.00 bits per heavy atom. The van der Waals surface area contributed by atoms with Crippen molar-refractivity contribution in [3.8, 4) is 0 Å². The normalized spacial score (nSPS) is 37.9. The average molecular weight is 467 g/mol. The number of carbonyl (C=O) groups is 2. The number of allylic oxidation sites excluding steroid dienone is 2. The fraction of sp³-hybridized carbons (Fsp3) is 0.679. The van der Waals surface area contributed by atoms with E-state index in [0.29, 0.717) is 29.9 Å². The molecule has 0 spiro atoms. The van der Waals surface area contributed by atoms with Crippen LogP contribution in [-0.2, 0) is 21.0 Å². The van der Waals surface area contributed by atoms with Crippen molar-refractivity contribution in [2.24, 2.45) is 39.7 Å². The van der Waals surface area contributed by atoms with Crippen molar-refractivity contribution in [3.63, 3.8) is 0 Å². The Kier molecular flexibility index (Phi) is 6.19. The zero-order valence-corrected chi connectivity index (χ0v) is 20.8. The molecule has 0 unspecified atom stereocenters. The number of furan rings is 1. The number of Topliss-reactive ketones (excluding diaryl/α,β-unsaturated/α-hetero) is 1. The number of oxime groups is 1. The number of ketones is 1. The van der Waals surface area contributed by atoms with E-state index in [-0.39, 0.29) is 29.3 Å². The Hall–Kier alpha value is -2.37. The van der Waals surface area contributed by atoms with Crippen LogP contribution in [0.4, 0.5) is 0 Å². The molecule has 6 nitrogen and oxygen atoms in total. The summed E-state index contributed by atoms with van der Waals surface area (Å²) in [5, 5.41) is 7.08. The molecule has 0 aromatic carbocycles. The van der Waals surface area contributed by atoms with E-state index >= 15 is 0 Å². The summed E-state index contributed by atoms with van der Waals surface area (Å²) >= 11 is 0. The monoisotopic (exact) mass is 466 g/mol. The molecule has 6 heteroatoms. The van der Waals surface area contributed by atoms with Crippen LogP contribution in [0.5, 0.6) is 0 Å². The van der Waals surface area contributed by atoms with Crippen LogP contribution in [0.3, 0.4) is 0 Å². The quantitative estimate of drug-likeness (QED) is 0.566. The van der Waals surface area contributed by atoms with Gasteiger partial charge in [0.05, 0.1) is 18.5 Å². The molecule has 34 heavy (non-hydrogen) atoms. The smallest absolute Gasteiger partial charge is 0.261 e. The minimum Gasteiger partial charge on any atom is -0.467 e. The average Bonchev–Trinajstić information content (AvgIpc) is 3.45. The summed E-state index contributed by atoms with van der Waals surface area (Å²) in [7, 11) is 0. The zero-order valence-electron chi connectivity index (χ0n) is 20.8. The van der Waals surface area contributed by atoms with Gasteiger partial charge in [0.2, 0.25) is 0 Å². The van der Waals surface area contributed by atoms with Crippen LogP contribution in [0.25, 0.3) is 0 Å². The van der Waals surface area contributed by atoms with Crippen molar-refractivity contribution in [3.05, 3.63) is 35.8 Å². The van der Waals surface area contributed by atoms with Gasteiger partial charge in [-0.15, -0.1) is 0 Å². The van der Waals surface area contributed by atoms with Crippen molar-refractivity contribution in [1.29, 1.82) is 0 Å². The number of hydrogen-bond donors (Lipinski definition) is 1. The number of nitrogens with one attached hydrogen (secondary N) is 1. The number of amides is 1. The molecule has 0 radical (unpaired) electrons. The zero-order chi connectivity index (χ0) is 23.9. The second-order valence-corrected chi connectivity index (χ2v) is 11.5. The van der Waals surface area contributed by atoms with Crippen LogP contribution >= 0.6 is 0 Å². The van der Waals surface area contributed by atoms with Gasteiger partial charge in [-0.25, -0.2) is 0 Å². The first-order valence-electron chi connectivity index (χ1n) is 13.0. The van der Waals surface area contributed by atoms with Crippen molar-refractivity contribution in [1.82, 2.24) is 5.32 Å². The molecule has 5 rings (SSSR count). The molecule has 3 saturated carbocycles. The standard InChI is InChI=1S/C28H38N2O4/c1-18(31)23-8-9-24-22-7-6-19-15-20(10-12-27(19,2)25(22)11-13-28(23,24)3)30-34-17-26(32)29-16-21-5-4-14-33-21/h4-5,14-15,22-25H,6-13,16-17H2,1-3H3,(H,29,32)/t22-,23-,24-,25+,27+,28-/m1/s1. The van der Waals surface area contributed by atoms with E-state index in [2.05, 4.69) is 30.4 Å². The van der Waals surface area contributed by atoms with Crippen LogP contribution in [0.2, 0.25) is 0 Å². The van der Waals surface area contributed by atoms with Crippen molar-refractivity contribution >= 4 is 17.4 Å². The number of carbonyl (C=O) groups excluding carboxylic acids is 2. The van der Waals surface area contributed by atoms with E-state index in [0.717, 1.165) is 37.3 Å². The predicted octanol–water partition coefficient (Wildman–Crippen LogP) is 5.44. The second kappa shape index (κ2) is 9.01. The highest BCUT2D eigenvalue weighted by Crippen LogP contribution is 2.66. The number of nitrogens with zero attached hydrogens (tertiary/aromatic N) is 1. The van der Waals surface area contributed by atoms with Crippen LogP contribution < -0.4 is 5.32 Å². The van der Waals surface area contributed by atoms with Gasteiger partial charge in [-0.1, -0.05) is 24.6 Å². The Labute approximate surface area is 202 Å². The molecular formula is C28H38N2O4. The third kappa shape index (κ3) is 4.03. The van der Waals surface area contributed by atoms with E-state index < -0.39 is 0 Å². The van der Waals surface area contributed by atoms with Gasteiger partial charge >= 0.3 is 0 Å². The van der Waals surface area contributed by atoms with Crippen molar-refractivity contribution in [2.75, 3.05) is 6.61 Å². The molecule has 1 amide bonds. The summed E-state index contributed by atoms with van der Waals surface area (Å²) in [5.41, 5.74) is 2.88. The maximum atomic E-state index is 12.3. The Bertz CT molecular complexity index is 996. The fourth-order valence-corrected chi connectivity index (χ4v) is 8.13. The minimum atomic E-state index is -0.208. The number of rotatable bonds is 6. The van der Waals surface area contributed by atoms with Crippen LogP contribution in [-0.4, -0.2) is 24.0 Å². The van der Waals surface area contributed by atoms with Gasteiger partial charge < -0.3 is 14.6 Å². The molecule has 184 valence electrons. The van der Waals surface area contributed by atoms with Crippen LogP contribution in [0, 0.1) is 34.5 Å². The first-order chi connectivity index (χ1) is 16.3. The van der Waals surface area contributed by atoms with Gasteiger partial charge in [0, 0.05) is 5.92 Å². The molecule has 4 aliphatic rings. The van der Waals surface area contributed by atoms with E-state index in [9.17, 15) is 9.59 Å². The molecule has 1 aromatic heterocycles. The van der Waals surface area contributed by atoms with Crippen LogP contribution in [0.1, 0.15) is 77.9 Å². The second-order valence-electron chi connectivity index (χ2n) is 11.5. The summed E-state index contributed by atoms with van der Waals surface area (Å²) in [6.07, 6.45) is 12.9. The summed E-state index contributed by atoms with van der Waals surface area (Å²) in [5.74, 6) is 3.30. The Balaban J connectivity index is 1.21. The van der Waals surface area contributed by atoms with Gasteiger partial charge in [-0.2, -0.15) is 0 Å². The third-order valence-electron chi connectivity index (χ3n) is 9.89. The minimum absolute atomic E-state index is 0.0904. The van der Waals surface area contributed by atoms with Gasteiger partial charge in [0.15, 0.2) is 6.61 Å². The first-order valence-corrected chi connectivity index (χ1v) is 13.0. The largest absolute Gasteiger partial charge is 0.467 e. The van der Waals surface area contributed by atoms with Gasteiger partial charge in [-0.3, -0.25) is 9.59 Å². The molecule has 4 aliphatic carbocycles. The summed E-state index contributed by atoms with van der Waals surface area (Å²) in [6, 6.07) is 3.62.